The molecule has 0 heterocycles. The fraction of sp³-hybridized carbons (Fsp3) is 0.538. The van der Waals surface area contributed by atoms with Crippen molar-refractivity contribution >= 4 is 34.0 Å². The highest BCUT2D eigenvalue weighted by atomic mass is 35.5. The van der Waals surface area contributed by atoms with Crippen LogP contribution >= 0.6 is 23.2 Å². The Kier molecular flexibility index (Phi) is 6.12. The van der Waals surface area contributed by atoms with Crippen LogP contribution in [0.1, 0.15) is 26.7 Å². The summed E-state index contributed by atoms with van der Waals surface area (Å²) >= 11 is 11.9. The number of hydrogen-bond donors (Lipinski definition) is 1. The Labute approximate surface area is 121 Å². The highest BCUT2D eigenvalue weighted by Gasteiger charge is 2.16. The van der Waals surface area contributed by atoms with Crippen LogP contribution < -0.4 is 5.73 Å². The van der Waals surface area contributed by atoms with Crippen LogP contribution in [0.4, 0.5) is 0 Å². The minimum absolute atomic E-state index is 0.0995. The zero-order valence-electron chi connectivity index (χ0n) is 10.7. The molecule has 1 aromatic carbocycles. The largest absolute Gasteiger partial charge is 0.330 e. The van der Waals surface area contributed by atoms with Gasteiger partial charge in [0.15, 0.2) is 0 Å². The summed E-state index contributed by atoms with van der Waals surface area (Å²) in [5.74, 6) is 0.587. The second-order valence-electron chi connectivity index (χ2n) is 5.10. The van der Waals surface area contributed by atoms with Crippen LogP contribution in [0.15, 0.2) is 23.1 Å². The first kappa shape index (κ1) is 16.0. The zero-order valence-corrected chi connectivity index (χ0v) is 13.0. The summed E-state index contributed by atoms with van der Waals surface area (Å²) in [5.41, 5.74) is 5.76. The zero-order chi connectivity index (χ0) is 13.8. The van der Waals surface area contributed by atoms with E-state index in [0.717, 1.165) is 12.8 Å². The average Bonchev–Trinajstić information content (AvgIpc) is 2.32. The molecule has 0 fully saturated rings. The second-order valence-corrected chi connectivity index (χ2v) is 7.48. The molecule has 0 saturated carbocycles. The standard InChI is InChI=1S/C13H19Cl2NOS/c1-13(2,9-16)6-3-7-18(17)12-8-10(14)4-5-11(12)15/h4-5,8H,3,6-7,9,16H2,1-2H3. The van der Waals surface area contributed by atoms with E-state index in [1.54, 1.807) is 18.2 Å². The van der Waals surface area contributed by atoms with Gasteiger partial charge in [0.1, 0.15) is 0 Å². The van der Waals surface area contributed by atoms with E-state index in [2.05, 4.69) is 13.8 Å². The average molecular weight is 308 g/mol. The van der Waals surface area contributed by atoms with E-state index in [1.807, 2.05) is 0 Å². The molecule has 1 atom stereocenters. The van der Waals surface area contributed by atoms with E-state index < -0.39 is 10.8 Å². The predicted octanol–water partition coefficient (Wildman–Crippen LogP) is 3.87. The molecule has 2 nitrogen and oxygen atoms in total. The molecule has 1 aromatic rings. The molecule has 1 unspecified atom stereocenters. The third-order valence-electron chi connectivity index (χ3n) is 2.87. The van der Waals surface area contributed by atoms with Crippen molar-refractivity contribution in [1.82, 2.24) is 0 Å². The fourth-order valence-corrected chi connectivity index (χ4v) is 3.33. The van der Waals surface area contributed by atoms with Gasteiger partial charge in [-0.15, -0.1) is 0 Å². The first-order valence-electron chi connectivity index (χ1n) is 5.89. The maximum Gasteiger partial charge on any atom is 0.0589 e. The van der Waals surface area contributed by atoms with Gasteiger partial charge in [-0.3, -0.25) is 4.21 Å². The summed E-state index contributed by atoms with van der Waals surface area (Å²) in [7, 11) is -1.10. The van der Waals surface area contributed by atoms with Crippen molar-refractivity contribution in [2.24, 2.45) is 11.1 Å². The van der Waals surface area contributed by atoms with Crippen LogP contribution in [-0.2, 0) is 10.8 Å². The maximum absolute atomic E-state index is 12.1. The van der Waals surface area contributed by atoms with Gasteiger partial charge in [-0.1, -0.05) is 37.0 Å². The van der Waals surface area contributed by atoms with Crippen molar-refractivity contribution in [1.29, 1.82) is 0 Å². The number of halogens is 2. The summed E-state index contributed by atoms with van der Waals surface area (Å²) in [6, 6.07) is 5.05. The Morgan fingerprint density at radius 1 is 1.33 bits per heavy atom. The van der Waals surface area contributed by atoms with Gasteiger partial charge >= 0.3 is 0 Å². The Balaban J connectivity index is 2.58. The summed E-state index contributed by atoms with van der Waals surface area (Å²) in [4.78, 5) is 0.620. The lowest BCUT2D eigenvalue weighted by molar-refractivity contribution is 0.344. The van der Waals surface area contributed by atoms with Crippen LogP contribution in [0.3, 0.4) is 0 Å². The van der Waals surface area contributed by atoms with E-state index in [0.29, 0.717) is 27.2 Å². The Bertz CT molecular complexity index is 435. The highest BCUT2D eigenvalue weighted by molar-refractivity contribution is 7.85. The lowest BCUT2D eigenvalue weighted by Gasteiger charge is -2.21. The van der Waals surface area contributed by atoms with Crippen molar-refractivity contribution in [3.63, 3.8) is 0 Å². The van der Waals surface area contributed by atoms with Crippen LogP contribution in [0, 0.1) is 5.41 Å². The smallest absolute Gasteiger partial charge is 0.0589 e. The molecule has 102 valence electrons. The predicted molar refractivity (Wildman–Crippen MR) is 79.8 cm³/mol. The molecule has 0 bridgehead atoms. The Morgan fingerprint density at radius 3 is 2.61 bits per heavy atom. The third kappa shape index (κ3) is 4.88. The lowest BCUT2D eigenvalue weighted by atomic mass is 9.88. The summed E-state index contributed by atoms with van der Waals surface area (Å²) < 4.78 is 12.1. The van der Waals surface area contributed by atoms with Crippen molar-refractivity contribution in [2.45, 2.75) is 31.6 Å². The number of hydrogen-bond acceptors (Lipinski definition) is 2. The Morgan fingerprint density at radius 2 is 2.00 bits per heavy atom. The fourth-order valence-electron chi connectivity index (χ4n) is 1.55. The van der Waals surface area contributed by atoms with Crippen molar-refractivity contribution in [3.8, 4) is 0 Å². The van der Waals surface area contributed by atoms with Gasteiger partial charge in [0.2, 0.25) is 0 Å². The van der Waals surface area contributed by atoms with Crippen LogP contribution in [0.25, 0.3) is 0 Å². The van der Waals surface area contributed by atoms with Crippen molar-refractivity contribution in [2.75, 3.05) is 12.3 Å². The third-order valence-corrected chi connectivity index (χ3v) is 5.04. The highest BCUT2D eigenvalue weighted by Crippen LogP contribution is 2.26. The first-order valence-corrected chi connectivity index (χ1v) is 7.97. The van der Waals surface area contributed by atoms with Gasteiger partial charge in [-0.2, -0.15) is 0 Å². The van der Waals surface area contributed by atoms with E-state index in [4.69, 9.17) is 28.9 Å². The number of nitrogens with two attached hydrogens (primary N) is 1. The van der Waals surface area contributed by atoms with E-state index in [-0.39, 0.29) is 5.41 Å². The first-order chi connectivity index (χ1) is 8.35. The molecule has 0 aliphatic rings. The van der Waals surface area contributed by atoms with Crippen molar-refractivity contribution < 1.29 is 4.21 Å². The van der Waals surface area contributed by atoms with Gasteiger partial charge in [0.25, 0.3) is 0 Å². The van der Waals surface area contributed by atoms with Crippen LogP contribution in [-0.4, -0.2) is 16.5 Å². The number of rotatable bonds is 6. The molecule has 0 aliphatic carbocycles. The molecule has 1 rings (SSSR count). The molecular formula is C13H19Cl2NOS. The quantitative estimate of drug-likeness (QED) is 0.867. The monoisotopic (exact) mass is 307 g/mol. The summed E-state index contributed by atoms with van der Waals surface area (Å²) in [5, 5.41) is 1.07. The van der Waals surface area contributed by atoms with Crippen LogP contribution in [0.2, 0.25) is 10.0 Å². The minimum Gasteiger partial charge on any atom is -0.330 e. The van der Waals surface area contributed by atoms with Gasteiger partial charge < -0.3 is 5.73 Å². The SMILES string of the molecule is CC(C)(CN)CCCS(=O)c1cc(Cl)ccc1Cl. The van der Waals surface area contributed by atoms with Gasteiger partial charge in [-0.05, 0) is 43.0 Å². The summed E-state index contributed by atoms with van der Waals surface area (Å²) in [6.45, 7) is 4.86. The van der Waals surface area contributed by atoms with Gasteiger partial charge in [-0.25, -0.2) is 0 Å². The lowest BCUT2D eigenvalue weighted by Crippen LogP contribution is -2.23. The summed E-state index contributed by atoms with van der Waals surface area (Å²) in [6.07, 6.45) is 1.81. The minimum atomic E-state index is -1.10. The van der Waals surface area contributed by atoms with E-state index in [1.165, 1.54) is 0 Å². The molecule has 0 saturated heterocycles. The Hall–Kier alpha value is -0.0900. The topological polar surface area (TPSA) is 43.1 Å². The molecule has 0 aromatic heterocycles. The molecular weight excluding hydrogens is 289 g/mol. The maximum atomic E-state index is 12.1. The molecule has 0 aliphatic heterocycles. The van der Waals surface area contributed by atoms with E-state index >= 15 is 0 Å². The normalized spacial score (nSPS) is 13.6. The molecule has 0 radical (unpaired) electrons. The molecule has 2 N–H and O–H groups in total. The molecule has 0 spiro atoms. The molecule has 18 heavy (non-hydrogen) atoms. The number of benzene rings is 1. The molecule has 0 amide bonds. The second kappa shape index (κ2) is 6.90. The van der Waals surface area contributed by atoms with Crippen molar-refractivity contribution in [3.05, 3.63) is 28.2 Å². The van der Waals surface area contributed by atoms with E-state index in [9.17, 15) is 4.21 Å². The van der Waals surface area contributed by atoms with Gasteiger partial charge in [0.05, 0.1) is 20.7 Å². The van der Waals surface area contributed by atoms with Gasteiger partial charge in [0, 0.05) is 10.8 Å². The van der Waals surface area contributed by atoms with Crippen LogP contribution in [0.5, 0.6) is 0 Å². The molecule has 5 heteroatoms.